The standard InChI is InChI=1S/C13H19F2NO/c1-9(8-17-3)7-12(16-2)13-10(14)5-4-6-11(13)15/h4-6,9,12,16H,7-8H2,1-3H3. The molecule has 17 heavy (non-hydrogen) atoms. The Bertz CT molecular complexity index is 337. The van der Waals surface area contributed by atoms with Gasteiger partial charge in [0.1, 0.15) is 11.6 Å². The number of nitrogens with one attached hydrogen (secondary N) is 1. The molecule has 0 saturated carbocycles. The second-order valence-corrected chi connectivity index (χ2v) is 4.27. The van der Waals surface area contributed by atoms with Crippen LogP contribution in [0.3, 0.4) is 0 Å². The Balaban J connectivity index is 2.86. The maximum absolute atomic E-state index is 13.6. The van der Waals surface area contributed by atoms with E-state index in [9.17, 15) is 8.78 Å². The van der Waals surface area contributed by atoms with Gasteiger partial charge < -0.3 is 10.1 Å². The maximum atomic E-state index is 13.6. The molecule has 0 heterocycles. The number of hydrogen-bond donors (Lipinski definition) is 1. The summed E-state index contributed by atoms with van der Waals surface area (Å²) in [6.07, 6.45) is 0.627. The van der Waals surface area contributed by atoms with Gasteiger partial charge in [0.2, 0.25) is 0 Å². The van der Waals surface area contributed by atoms with Gasteiger partial charge in [-0.15, -0.1) is 0 Å². The summed E-state index contributed by atoms with van der Waals surface area (Å²) in [6.45, 7) is 2.57. The number of benzene rings is 1. The Hall–Kier alpha value is -1.00. The van der Waals surface area contributed by atoms with E-state index in [0.717, 1.165) is 0 Å². The van der Waals surface area contributed by atoms with Crippen molar-refractivity contribution in [3.63, 3.8) is 0 Å². The van der Waals surface area contributed by atoms with Crippen LogP contribution in [-0.2, 0) is 4.74 Å². The van der Waals surface area contributed by atoms with E-state index in [2.05, 4.69) is 5.32 Å². The van der Waals surface area contributed by atoms with Crippen molar-refractivity contribution in [2.45, 2.75) is 19.4 Å². The maximum Gasteiger partial charge on any atom is 0.130 e. The molecule has 1 rings (SSSR count). The van der Waals surface area contributed by atoms with Gasteiger partial charge in [-0.25, -0.2) is 8.78 Å². The molecule has 2 nitrogen and oxygen atoms in total. The molecule has 0 bridgehead atoms. The molecule has 0 aliphatic rings. The molecule has 1 N–H and O–H groups in total. The van der Waals surface area contributed by atoms with Crippen LogP contribution in [0.5, 0.6) is 0 Å². The summed E-state index contributed by atoms with van der Waals surface area (Å²) in [7, 11) is 3.32. The molecule has 2 unspecified atom stereocenters. The number of rotatable bonds is 6. The molecule has 96 valence electrons. The van der Waals surface area contributed by atoms with Crippen molar-refractivity contribution in [1.29, 1.82) is 0 Å². The van der Waals surface area contributed by atoms with E-state index in [1.165, 1.54) is 18.2 Å². The fraction of sp³-hybridized carbons (Fsp3) is 0.538. The topological polar surface area (TPSA) is 21.3 Å². The molecule has 0 aliphatic carbocycles. The van der Waals surface area contributed by atoms with E-state index in [0.29, 0.717) is 13.0 Å². The fourth-order valence-corrected chi connectivity index (χ4v) is 1.98. The van der Waals surface area contributed by atoms with E-state index in [1.54, 1.807) is 14.2 Å². The van der Waals surface area contributed by atoms with Gasteiger partial charge >= 0.3 is 0 Å². The fourth-order valence-electron chi connectivity index (χ4n) is 1.98. The number of halogens is 2. The molecule has 0 aromatic heterocycles. The summed E-state index contributed by atoms with van der Waals surface area (Å²) >= 11 is 0. The minimum Gasteiger partial charge on any atom is -0.384 e. The Labute approximate surface area is 101 Å². The van der Waals surface area contributed by atoms with Gasteiger partial charge in [0.05, 0.1) is 0 Å². The lowest BCUT2D eigenvalue weighted by Crippen LogP contribution is -2.23. The molecule has 4 heteroatoms. The van der Waals surface area contributed by atoms with Gasteiger partial charge in [-0.1, -0.05) is 13.0 Å². The molecule has 0 aliphatic heterocycles. The van der Waals surface area contributed by atoms with Crippen LogP contribution >= 0.6 is 0 Å². The molecule has 1 aromatic carbocycles. The van der Waals surface area contributed by atoms with Crippen LogP contribution in [0.1, 0.15) is 24.9 Å². The zero-order chi connectivity index (χ0) is 12.8. The van der Waals surface area contributed by atoms with Crippen LogP contribution in [0.15, 0.2) is 18.2 Å². The third kappa shape index (κ3) is 3.75. The van der Waals surface area contributed by atoms with Gasteiger partial charge in [0.15, 0.2) is 0 Å². The zero-order valence-electron chi connectivity index (χ0n) is 10.5. The van der Waals surface area contributed by atoms with E-state index < -0.39 is 11.6 Å². The van der Waals surface area contributed by atoms with Crippen molar-refractivity contribution in [2.75, 3.05) is 20.8 Å². The number of ether oxygens (including phenoxy) is 1. The Morgan fingerprint density at radius 1 is 1.29 bits per heavy atom. The number of methoxy groups -OCH3 is 1. The normalized spacial score (nSPS) is 14.6. The van der Waals surface area contributed by atoms with Crippen molar-refractivity contribution in [1.82, 2.24) is 5.32 Å². The second kappa shape index (κ2) is 6.67. The predicted octanol–water partition coefficient (Wildman–Crippen LogP) is 2.90. The van der Waals surface area contributed by atoms with Crippen LogP contribution in [0.4, 0.5) is 8.78 Å². The molecular formula is C13H19F2NO. The predicted molar refractivity (Wildman–Crippen MR) is 63.8 cm³/mol. The lowest BCUT2D eigenvalue weighted by atomic mass is 9.95. The first-order valence-corrected chi connectivity index (χ1v) is 5.70. The minimum atomic E-state index is -0.506. The lowest BCUT2D eigenvalue weighted by molar-refractivity contribution is 0.149. The summed E-state index contributed by atoms with van der Waals surface area (Å²) < 4.78 is 32.3. The Kier molecular flexibility index (Phi) is 5.51. The summed E-state index contributed by atoms with van der Waals surface area (Å²) in [5.74, 6) is -0.778. The van der Waals surface area contributed by atoms with Gasteiger partial charge in [-0.3, -0.25) is 0 Å². The SMILES string of the molecule is CNC(CC(C)COC)c1c(F)cccc1F. The minimum absolute atomic E-state index is 0.109. The van der Waals surface area contributed by atoms with Gasteiger partial charge in [0.25, 0.3) is 0 Å². The first-order chi connectivity index (χ1) is 8.10. The summed E-state index contributed by atoms with van der Waals surface area (Å²) in [5.41, 5.74) is 0.109. The van der Waals surface area contributed by atoms with Gasteiger partial charge in [-0.05, 0) is 31.5 Å². The van der Waals surface area contributed by atoms with Gasteiger partial charge in [-0.2, -0.15) is 0 Å². The first kappa shape index (κ1) is 14.1. The lowest BCUT2D eigenvalue weighted by Gasteiger charge is -2.21. The summed E-state index contributed by atoms with van der Waals surface area (Å²) in [6, 6.07) is 3.61. The van der Waals surface area contributed by atoms with Crippen LogP contribution < -0.4 is 5.32 Å². The molecule has 0 spiro atoms. The third-order valence-corrected chi connectivity index (χ3v) is 2.79. The Morgan fingerprint density at radius 3 is 2.35 bits per heavy atom. The van der Waals surface area contributed by atoms with Crippen molar-refractivity contribution in [2.24, 2.45) is 5.92 Å². The number of hydrogen-bond acceptors (Lipinski definition) is 2. The third-order valence-electron chi connectivity index (χ3n) is 2.79. The van der Waals surface area contributed by atoms with Crippen molar-refractivity contribution in [3.05, 3.63) is 35.4 Å². The van der Waals surface area contributed by atoms with Crippen molar-refractivity contribution < 1.29 is 13.5 Å². The van der Waals surface area contributed by atoms with E-state index in [1.807, 2.05) is 6.92 Å². The second-order valence-electron chi connectivity index (χ2n) is 4.27. The van der Waals surface area contributed by atoms with Crippen molar-refractivity contribution in [3.8, 4) is 0 Å². The molecular weight excluding hydrogens is 224 g/mol. The van der Waals surface area contributed by atoms with Crippen LogP contribution in [0, 0.1) is 17.6 Å². The quantitative estimate of drug-likeness (QED) is 0.829. The van der Waals surface area contributed by atoms with Crippen LogP contribution in [-0.4, -0.2) is 20.8 Å². The van der Waals surface area contributed by atoms with Crippen LogP contribution in [0.25, 0.3) is 0 Å². The highest BCUT2D eigenvalue weighted by Crippen LogP contribution is 2.26. The molecule has 1 aromatic rings. The highest BCUT2D eigenvalue weighted by molar-refractivity contribution is 5.23. The van der Waals surface area contributed by atoms with Crippen LogP contribution in [0.2, 0.25) is 0 Å². The molecule has 2 atom stereocenters. The smallest absolute Gasteiger partial charge is 0.130 e. The monoisotopic (exact) mass is 243 g/mol. The van der Waals surface area contributed by atoms with E-state index in [-0.39, 0.29) is 17.5 Å². The zero-order valence-corrected chi connectivity index (χ0v) is 10.5. The largest absolute Gasteiger partial charge is 0.384 e. The van der Waals surface area contributed by atoms with E-state index >= 15 is 0 Å². The molecule has 0 saturated heterocycles. The summed E-state index contributed by atoms with van der Waals surface area (Å²) in [5, 5.41) is 2.95. The summed E-state index contributed by atoms with van der Waals surface area (Å²) in [4.78, 5) is 0. The molecule has 0 amide bonds. The molecule has 0 radical (unpaired) electrons. The Morgan fingerprint density at radius 2 is 1.88 bits per heavy atom. The average Bonchev–Trinajstić information content (AvgIpc) is 2.27. The average molecular weight is 243 g/mol. The molecule has 0 fully saturated rings. The van der Waals surface area contributed by atoms with E-state index in [4.69, 9.17) is 4.74 Å². The first-order valence-electron chi connectivity index (χ1n) is 5.70. The highest BCUT2D eigenvalue weighted by atomic mass is 19.1. The highest BCUT2D eigenvalue weighted by Gasteiger charge is 2.20. The van der Waals surface area contributed by atoms with Gasteiger partial charge in [0, 0.05) is 25.3 Å². The van der Waals surface area contributed by atoms with Crippen molar-refractivity contribution >= 4 is 0 Å².